The van der Waals surface area contributed by atoms with Crippen LogP contribution in [0.25, 0.3) is 0 Å². The van der Waals surface area contributed by atoms with Gasteiger partial charge in [0.2, 0.25) is 11.8 Å². The van der Waals surface area contributed by atoms with Crippen LogP contribution >= 0.6 is 0 Å². The number of nitrogens with one attached hydrogen (secondary N) is 4. The van der Waals surface area contributed by atoms with Crippen molar-refractivity contribution >= 4 is 46.2 Å². The van der Waals surface area contributed by atoms with Crippen molar-refractivity contribution in [2.24, 2.45) is 5.73 Å². The third-order valence-electron chi connectivity index (χ3n) is 12.2. The van der Waals surface area contributed by atoms with Crippen molar-refractivity contribution < 1.29 is 43.5 Å². The van der Waals surface area contributed by atoms with Crippen LogP contribution in [0.15, 0.2) is 91.0 Å². The summed E-state index contributed by atoms with van der Waals surface area (Å²) in [4.78, 5) is 43.4. The van der Waals surface area contributed by atoms with Crippen LogP contribution in [0, 0.1) is 0 Å². The van der Waals surface area contributed by atoms with Gasteiger partial charge in [0.25, 0.3) is 5.91 Å². The molecule has 4 aliphatic rings. The summed E-state index contributed by atoms with van der Waals surface area (Å²) in [6.07, 6.45) is -0.784. The lowest BCUT2D eigenvalue weighted by molar-refractivity contribution is -0.126. The van der Waals surface area contributed by atoms with Gasteiger partial charge in [-0.25, -0.2) is 0 Å². The summed E-state index contributed by atoms with van der Waals surface area (Å²) in [7, 11) is 3.03. The van der Waals surface area contributed by atoms with Gasteiger partial charge in [-0.1, -0.05) is 36.4 Å². The number of ether oxygens (including phenoxy) is 4. The Morgan fingerprint density at radius 2 is 1.42 bits per heavy atom. The van der Waals surface area contributed by atoms with Crippen LogP contribution < -0.4 is 55.7 Å². The van der Waals surface area contributed by atoms with Gasteiger partial charge >= 0.3 is 0 Å². The zero-order chi connectivity index (χ0) is 44.8. The number of nitrogens with zero attached hydrogens (tertiary/aromatic N) is 2. The highest BCUT2D eigenvalue weighted by Crippen LogP contribution is 2.46. The number of aliphatic hydroxyl groups is 2. The van der Waals surface area contributed by atoms with Gasteiger partial charge in [-0.3, -0.25) is 14.4 Å². The zero-order valence-electron chi connectivity index (χ0n) is 35.9. The van der Waals surface area contributed by atoms with E-state index in [9.17, 15) is 24.6 Å². The van der Waals surface area contributed by atoms with Crippen LogP contribution in [-0.4, -0.2) is 79.1 Å². The van der Waals surface area contributed by atoms with Crippen LogP contribution in [0.4, 0.5) is 28.4 Å². The lowest BCUT2D eigenvalue weighted by Crippen LogP contribution is -2.47. The van der Waals surface area contributed by atoms with Gasteiger partial charge in [-0.2, -0.15) is 0 Å². The Morgan fingerprint density at radius 1 is 0.797 bits per heavy atom. The van der Waals surface area contributed by atoms with Crippen molar-refractivity contribution in [1.29, 1.82) is 0 Å². The number of amides is 3. The van der Waals surface area contributed by atoms with E-state index in [4.69, 9.17) is 24.7 Å². The van der Waals surface area contributed by atoms with E-state index in [1.807, 2.05) is 58.3 Å². The second-order valence-corrected chi connectivity index (χ2v) is 16.6. The first-order valence-electron chi connectivity index (χ1n) is 21.2. The standard InChI is InChI=1S/C48H51N7O9/c1-25(49)44(56)51-26(2)45(57)52-31-14-27(23-63-42-20-35-33(18-40(42)61-3)47(59)54-32(22-50-35)16-29-9-5-7-11-37(29)54)13-28(15-31)24-64-43-21-36-34(19-41(43)62-4)48(60)55-38-12-8-6-10-30(38)17-39(55)46(58)53-36/h5-15,18-21,25-26,32,39,46,48,50,53,58,60H,16-17,22-24,49H2,1-4H3,(H,51,56)(H,52,57)/t25-,26+,32-,39-,46?,48?/m0/s1. The number of carbonyl (C=O) groups is 3. The first-order chi connectivity index (χ1) is 30.9. The average Bonchev–Trinajstić information content (AvgIpc) is 3.81. The van der Waals surface area contributed by atoms with E-state index < -0.39 is 42.4 Å². The number of hydrogen-bond acceptors (Lipinski definition) is 13. The molecular weight excluding hydrogens is 819 g/mol. The van der Waals surface area contributed by atoms with Crippen LogP contribution in [-0.2, 0) is 35.6 Å². The van der Waals surface area contributed by atoms with E-state index in [1.165, 1.54) is 21.1 Å². The minimum atomic E-state index is -1.08. The lowest BCUT2D eigenvalue weighted by atomic mass is 10.1. The molecule has 0 bridgehead atoms. The minimum Gasteiger partial charge on any atom is -0.493 e. The highest BCUT2D eigenvalue weighted by atomic mass is 16.5. The lowest BCUT2D eigenvalue weighted by Gasteiger charge is -2.31. The highest BCUT2D eigenvalue weighted by molar-refractivity contribution is 6.12. The third-order valence-corrected chi connectivity index (χ3v) is 12.2. The molecule has 4 aliphatic heterocycles. The summed E-state index contributed by atoms with van der Waals surface area (Å²) in [5.41, 5.74) is 13.5. The average molecular weight is 870 g/mol. The van der Waals surface area contributed by atoms with Crippen LogP contribution in [0.2, 0.25) is 0 Å². The molecule has 16 nitrogen and oxygen atoms in total. The Morgan fingerprint density at radius 3 is 2.09 bits per heavy atom. The zero-order valence-corrected chi connectivity index (χ0v) is 35.9. The molecule has 5 aromatic rings. The summed E-state index contributed by atoms with van der Waals surface area (Å²) < 4.78 is 24.3. The van der Waals surface area contributed by atoms with Crippen LogP contribution in [0.1, 0.15) is 58.3 Å². The molecule has 9 rings (SSSR count). The van der Waals surface area contributed by atoms with Crippen molar-refractivity contribution in [3.63, 3.8) is 0 Å². The van der Waals surface area contributed by atoms with Gasteiger partial charge in [-0.15, -0.1) is 0 Å². The molecule has 6 atom stereocenters. The number of aliphatic hydroxyl groups excluding tert-OH is 2. The number of anilines is 5. The summed E-state index contributed by atoms with van der Waals surface area (Å²) in [6, 6.07) is 25.8. The Kier molecular flexibility index (Phi) is 11.4. The highest BCUT2D eigenvalue weighted by Gasteiger charge is 2.42. The largest absolute Gasteiger partial charge is 0.493 e. The van der Waals surface area contributed by atoms with Crippen LogP contribution in [0.3, 0.4) is 0 Å². The van der Waals surface area contributed by atoms with E-state index >= 15 is 0 Å². The van der Waals surface area contributed by atoms with E-state index in [0.29, 0.717) is 75.3 Å². The number of carbonyl (C=O) groups excluding carboxylic acids is 3. The van der Waals surface area contributed by atoms with Crippen molar-refractivity contribution in [2.75, 3.05) is 46.5 Å². The Hall–Kier alpha value is -7.01. The van der Waals surface area contributed by atoms with Crippen molar-refractivity contribution in [2.45, 2.75) is 76.5 Å². The molecule has 0 aromatic heterocycles. The maximum atomic E-state index is 14.0. The van der Waals surface area contributed by atoms with Crippen molar-refractivity contribution in [3.8, 4) is 23.0 Å². The monoisotopic (exact) mass is 869 g/mol. The van der Waals surface area contributed by atoms with Crippen LogP contribution in [0.5, 0.6) is 23.0 Å². The second kappa shape index (κ2) is 17.3. The van der Waals surface area contributed by atoms with Gasteiger partial charge < -0.3 is 66.0 Å². The fraction of sp³-hybridized carbons (Fsp3) is 0.312. The van der Waals surface area contributed by atoms with Gasteiger partial charge in [0, 0.05) is 47.0 Å². The molecule has 0 fully saturated rings. The fourth-order valence-corrected chi connectivity index (χ4v) is 9.00. The first kappa shape index (κ1) is 42.3. The number of methoxy groups -OCH3 is 2. The van der Waals surface area contributed by atoms with Gasteiger partial charge in [0.05, 0.1) is 43.6 Å². The SMILES string of the molecule is COc1cc2c(cc1OCc1cc(COc3cc4c(cc3OC)C(O)N3c5ccccc5C[C@H]3C(O)N4)cc(NC(=O)[C@@H](C)NC(=O)[C@H](C)N)c1)NC[C@@H]1Cc3ccccc3N1C2=O. The molecule has 16 heteroatoms. The minimum absolute atomic E-state index is 0.00502. The maximum absolute atomic E-state index is 14.0. The molecule has 8 N–H and O–H groups in total. The molecular formula is C48H51N7O9. The molecule has 4 heterocycles. The molecule has 0 spiro atoms. The number of benzene rings is 5. The van der Waals surface area contributed by atoms with Gasteiger partial charge in [0.1, 0.15) is 25.5 Å². The summed E-state index contributed by atoms with van der Waals surface area (Å²) in [6.45, 7) is 3.68. The van der Waals surface area contributed by atoms with Gasteiger partial charge in [0.15, 0.2) is 29.2 Å². The number of para-hydroxylation sites is 2. The predicted octanol–water partition coefficient (Wildman–Crippen LogP) is 4.82. The predicted molar refractivity (Wildman–Crippen MR) is 241 cm³/mol. The Balaban J connectivity index is 0.980. The molecule has 0 saturated carbocycles. The normalized spacial score (nSPS) is 20.0. The number of nitrogens with two attached hydrogens (primary N) is 1. The summed E-state index contributed by atoms with van der Waals surface area (Å²) in [5, 5.41) is 35.2. The number of fused-ring (bicyclic) bond motifs is 8. The molecule has 332 valence electrons. The summed E-state index contributed by atoms with van der Waals surface area (Å²) >= 11 is 0. The van der Waals surface area contributed by atoms with E-state index in [1.54, 1.807) is 43.3 Å². The van der Waals surface area contributed by atoms with Crippen molar-refractivity contribution in [1.82, 2.24) is 5.32 Å². The summed E-state index contributed by atoms with van der Waals surface area (Å²) in [5.74, 6) is 0.414. The molecule has 64 heavy (non-hydrogen) atoms. The third kappa shape index (κ3) is 7.95. The number of hydrogen-bond donors (Lipinski definition) is 7. The Bertz CT molecular complexity index is 2640. The molecule has 0 aliphatic carbocycles. The smallest absolute Gasteiger partial charge is 0.260 e. The fourth-order valence-electron chi connectivity index (χ4n) is 9.00. The molecule has 0 saturated heterocycles. The van der Waals surface area contributed by atoms with E-state index in [2.05, 4.69) is 27.3 Å². The molecule has 3 amide bonds. The molecule has 2 unspecified atom stereocenters. The van der Waals surface area contributed by atoms with E-state index in [0.717, 1.165) is 28.9 Å². The maximum Gasteiger partial charge on any atom is 0.260 e. The topological polar surface area (TPSA) is 209 Å². The number of rotatable bonds is 12. The molecule has 5 aromatic carbocycles. The Labute approximate surface area is 370 Å². The van der Waals surface area contributed by atoms with Gasteiger partial charge in [-0.05, 0) is 91.4 Å². The quantitative estimate of drug-likeness (QED) is 0.0899. The van der Waals surface area contributed by atoms with E-state index in [-0.39, 0.29) is 25.2 Å². The second-order valence-electron chi connectivity index (χ2n) is 16.6. The molecule has 0 radical (unpaired) electrons. The van der Waals surface area contributed by atoms with Crippen molar-refractivity contribution in [3.05, 3.63) is 124 Å². The first-order valence-corrected chi connectivity index (χ1v) is 21.2.